The zero-order chi connectivity index (χ0) is 10.2. The van der Waals surface area contributed by atoms with E-state index in [1.165, 1.54) is 12.8 Å². The molecule has 2 aliphatic heterocycles. The summed E-state index contributed by atoms with van der Waals surface area (Å²) >= 11 is 0. The van der Waals surface area contributed by atoms with E-state index in [1.54, 1.807) is 0 Å². The average molecular weight is 199 g/mol. The molecular weight excluding hydrogens is 178 g/mol. The summed E-state index contributed by atoms with van der Waals surface area (Å²) in [5, 5.41) is 9.67. The molecule has 3 nitrogen and oxygen atoms in total. The largest absolute Gasteiger partial charge is 0.392 e. The van der Waals surface area contributed by atoms with Crippen molar-refractivity contribution in [2.75, 3.05) is 19.7 Å². The van der Waals surface area contributed by atoms with Crippen molar-refractivity contribution >= 4 is 0 Å². The predicted octanol–water partition coefficient (Wildman–Crippen LogP) is 1.01. The Morgan fingerprint density at radius 2 is 2.36 bits per heavy atom. The Balaban J connectivity index is 1.98. The standard InChI is InChI=1S/C11H21NO2/c1-9(2)14-8-11-4-3-5-12(11)7-10(13)6-11/h9-10,13H,3-8H2,1-2H3/t10-,11?/m1/s1. The SMILES string of the molecule is CC(C)OCC12CCCN1C[C@H](O)C2. The summed E-state index contributed by atoms with van der Waals surface area (Å²) in [6.45, 7) is 6.92. The maximum Gasteiger partial charge on any atom is 0.0685 e. The van der Waals surface area contributed by atoms with Crippen LogP contribution in [0.15, 0.2) is 0 Å². The number of rotatable bonds is 3. The van der Waals surface area contributed by atoms with Crippen LogP contribution in [0.1, 0.15) is 33.1 Å². The number of aliphatic hydroxyl groups is 1. The molecule has 2 heterocycles. The minimum atomic E-state index is -0.133. The zero-order valence-corrected chi connectivity index (χ0v) is 9.20. The maximum absolute atomic E-state index is 9.67. The van der Waals surface area contributed by atoms with Crippen LogP contribution >= 0.6 is 0 Å². The fourth-order valence-corrected chi connectivity index (χ4v) is 2.81. The van der Waals surface area contributed by atoms with Gasteiger partial charge in [-0.2, -0.15) is 0 Å². The molecule has 0 amide bonds. The first kappa shape index (κ1) is 10.4. The monoisotopic (exact) mass is 199 g/mol. The molecule has 2 atom stereocenters. The molecule has 0 aromatic heterocycles. The first-order valence-corrected chi connectivity index (χ1v) is 5.67. The second-order valence-corrected chi connectivity index (χ2v) is 4.99. The Labute approximate surface area is 86.0 Å². The van der Waals surface area contributed by atoms with Crippen LogP contribution < -0.4 is 0 Å². The highest BCUT2D eigenvalue weighted by Crippen LogP contribution is 2.39. The van der Waals surface area contributed by atoms with Crippen LogP contribution in [-0.2, 0) is 4.74 Å². The molecule has 0 aliphatic carbocycles. The molecule has 14 heavy (non-hydrogen) atoms. The number of ether oxygens (including phenoxy) is 1. The quantitative estimate of drug-likeness (QED) is 0.736. The minimum absolute atomic E-state index is 0.133. The summed E-state index contributed by atoms with van der Waals surface area (Å²) in [6, 6.07) is 0. The Bertz CT molecular complexity index is 207. The van der Waals surface area contributed by atoms with E-state index in [1.807, 2.05) is 0 Å². The average Bonchev–Trinajstić information content (AvgIpc) is 2.56. The van der Waals surface area contributed by atoms with Gasteiger partial charge in [0.15, 0.2) is 0 Å². The second-order valence-electron chi connectivity index (χ2n) is 4.99. The number of nitrogens with zero attached hydrogens (tertiary/aromatic N) is 1. The van der Waals surface area contributed by atoms with E-state index in [0.29, 0.717) is 6.10 Å². The zero-order valence-electron chi connectivity index (χ0n) is 9.20. The normalized spacial score (nSPS) is 38.1. The smallest absolute Gasteiger partial charge is 0.0685 e. The predicted molar refractivity (Wildman–Crippen MR) is 55.2 cm³/mol. The molecule has 0 radical (unpaired) electrons. The summed E-state index contributed by atoms with van der Waals surface area (Å²) < 4.78 is 5.73. The molecular formula is C11H21NO2. The van der Waals surface area contributed by atoms with E-state index >= 15 is 0 Å². The highest BCUT2D eigenvalue weighted by molar-refractivity contribution is 5.03. The van der Waals surface area contributed by atoms with Crippen molar-refractivity contribution in [1.29, 1.82) is 0 Å². The summed E-state index contributed by atoms with van der Waals surface area (Å²) in [6.07, 6.45) is 3.51. The molecule has 2 aliphatic rings. The summed E-state index contributed by atoms with van der Waals surface area (Å²) in [5.74, 6) is 0. The van der Waals surface area contributed by atoms with Crippen LogP contribution in [0.4, 0.5) is 0 Å². The van der Waals surface area contributed by atoms with Crippen LogP contribution in [0.25, 0.3) is 0 Å². The van der Waals surface area contributed by atoms with E-state index < -0.39 is 0 Å². The minimum Gasteiger partial charge on any atom is -0.392 e. The van der Waals surface area contributed by atoms with Gasteiger partial charge in [-0.1, -0.05) is 0 Å². The van der Waals surface area contributed by atoms with Gasteiger partial charge in [0.2, 0.25) is 0 Å². The number of hydrogen-bond donors (Lipinski definition) is 1. The molecule has 0 aromatic carbocycles. The molecule has 3 heteroatoms. The molecule has 2 saturated heterocycles. The molecule has 82 valence electrons. The lowest BCUT2D eigenvalue weighted by Crippen LogP contribution is -2.43. The number of aliphatic hydroxyl groups excluding tert-OH is 1. The topological polar surface area (TPSA) is 32.7 Å². The van der Waals surface area contributed by atoms with Gasteiger partial charge in [-0.15, -0.1) is 0 Å². The van der Waals surface area contributed by atoms with Gasteiger partial charge in [0.05, 0.1) is 18.8 Å². The lowest BCUT2D eigenvalue weighted by molar-refractivity contribution is 0.00233. The van der Waals surface area contributed by atoms with Crippen molar-refractivity contribution in [1.82, 2.24) is 4.90 Å². The Morgan fingerprint density at radius 3 is 3.07 bits per heavy atom. The lowest BCUT2D eigenvalue weighted by atomic mass is 9.94. The Kier molecular flexibility index (Phi) is 2.82. The van der Waals surface area contributed by atoms with E-state index in [9.17, 15) is 5.11 Å². The third-order valence-electron chi connectivity index (χ3n) is 3.47. The van der Waals surface area contributed by atoms with Crippen molar-refractivity contribution < 1.29 is 9.84 Å². The van der Waals surface area contributed by atoms with Gasteiger partial charge in [-0.05, 0) is 39.7 Å². The van der Waals surface area contributed by atoms with Crippen molar-refractivity contribution in [2.45, 2.75) is 50.9 Å². The van der Waals surface area contributed by atoms with Crippen LogP contribution in [0.2, 0.25) is 0 Å². The Morgan fingerprint density at radius 1 is 1.57 bits per heavy atom. The molecule has 2 rings (SSSR count). The first-order valence-electron chi connectivity index (χ1n) is 5.67. The third kappa shape index (κ3) is 1.81. The van der Waals surface area contributed by atoms with Gasteiger partial charge >= 0.3 is 0 Å². The summed E-state index contributed by atoms with van der Waals surface area (Å²) in [7, 11) is 0. The van der Waals surface area contributed by atoms with E-state index in [-0.39, 0.29) is 11.6 Å². The molecule has 0 bridgehead atoms. The van der Waals surface area contributed by atoms with Crippen molar-refractivity contribution in [3.8, 4) is 0 Å². The highest BCUT2D eigenvalue weighted by Gasteiger charge is 2.48. The van der Waals surface area contributed by atoms with Gasteiger partial charge in [0, 0.05) is 12.1 Å². The number of hydrogen-bond acceptors (Lipinski definition) is 3. The fourth-order valence-electron chi connectivity index (χ4n) is 2.81. The molecule has 0 spiro atoms. The maximum atomic E-state index is 9.67. The second kappa shape index (κ2) is 3.80. The van der Waals surface area contributed by atoms with Crippen LogP contribution in [0.3, 0.4) is 0 Å². The van der Waals surface area contributed by atoms with E-state index in [2.05, 4.69) is 18.7 Å². The van der Waals surface area contributed by atoms with E-state index in [4.69, 9.17) is 4.74 Å². The van der Waals surface area contributed by atoms with Gasteiger partial charge in [0.1, 0.15) is 0 Å². The third-order valence-corrected chi connectivity index (χ3v) is 3.47. The number of β-amino-alcohol motifs (C(OH)–C–C–N with tert-alkyl or cyclic N) is 1. The van der Waals surface area contributed by atoms with Gasteiger partial charge in [-0.3, -0.25) is 4.90 Å². The van der Waals surface area contributed by atoms with Crippen molar-refractivity contribution in [3.05, 3.63) is 0 Å². The van der Waals surface area contributed by atoms with Gasteiger partial charge < -0.3 is 9.84 Å². The van der Waals surface area contributed by atoms with Crippen LogP contribution in [-0.4, -0.2) is 47.4 Å². The van der Waals surface area contributed by atoms with Gasteiger partial charge in [0.25, 0.3) is 0 Å². The molecule has 1 unspecified atom stereocenters. The molecule has 2 fully saturated rings. The number of fused-ring (bicyclic) bond motifs is 1. The molecule has 1 N–H and O–H groups in total. The van der Waals surface area contributed by atoms with E-state index in [0.717, 1.165) is 26.1 Å². The lowest BCUT2D eigenvalue weighted by Gasteiger charge is -2.32. The first-order chi connectivity index (χ1) is 6.62. The molecule has 0 saturated carbocycles. The van der Waals surface area contributed by atoms with Crippen molar-refractivity contribution in [3.63, 3.8) is 0 Å². The van der Waals surface area contributed by atoms with Crippen molar-refractivity contribution in [2.24, 2.45) is 0 Å². The van der Waals surface area contributed by atoms with Crippen LogP contribution in [0, 0.1) is 0 Å². The summed E-state index contributed by atoms with van der Waals surface area (Å²) in [4.78, 5) is 2.42. The summed E-state index contributed by atoms with van der Waals surface area (Å²) in [5.41, 5.74) is 0.170. The Hall–Kier alpha value is -0.120. The van der Waals surface area contributed by atoms with Gasteiger partial charge in [-0.25, -0.2) is 0 Å². The van der Waals surface area contributed by atoms with Crippen LogP contribution in [0.5, 0.6) is 0 Å². The fraction of sp³-hybridized carbons (Fsp3) is 1.00. The molecule has 0 aromatic rings. The highest BCUT2D eigenvalue weighted by atomic mass is 16.5.